The van der Waals surface area contributed by atoms with Crippen molar-refractivity contribution >= 4 is 12.2 Å². The minimum atomic E-state index is 0.286. The van der Waals surface area contributed by atoms with Crippen molar-refractivity contribution in [2.45, 2.75) is 76.8 Å². The lowest BCUT2D eigenvalue weighted by Gasteiger charge is -2.21. The summed E-state index contributed by atoms with van der Waals surface area (Å²) in [6.45, 7) is 2.25. The van der Waals surface area contributed by atoms with Crippen molar-refractivity contribution in [2.75, 3.05) is 0 Å². The highest BCUT2D eigenvalue weighted by atomic mass is 16.1. The molecule has 2 rings (SSSR count). The molecule has 0 aromatic carbocycles. The Morgan fingerprint density at radius 3 is 1.68 bits per heavy atom. The van der Waals surface area contributed by atoms with Crippen LogP contribution in [0.3, 0.4) is 0 Å². The summed E-state index contributed by atoms with van der Waals surface area (Å²) in [6.07, 6.45) is 13.8. The van der Waals surface area contributed by atoms with Crippen LogP contribution in [0.5, 0.6) is 0 Å². The second-order valence-corrected chi connectivity index (χ2v) is 5.65. The van der Waals surface area contributed by atoms with Crippen molar-refractivity contribution in [3.8, 4) is 0 Å². The van der Waals surface area contributed by atoms with E-state index in [9.17, 15) is 9.59 Å². The molecule has 0 unspecified atom stereocenters. The predicted molar refractivity (Wildman–Crippen MR) is 74.5 cm³/mol. The molecule has 2 aliphatic carbocycles. The third-order valence-corrected chi connectivity index (χ3v) is 4.03. The Morgan fingerprint density at radius 1 is 0.737 bits per heavy atom. The van der Waals surface area contributed by atoms with Crippen molar-refractivity contribution in [1.82, 2.24) is 0 Å². The zero-order valence-corrected chi connectivity index (χ0v) is 11.8. The molecule has 0 aromatic heterocycles. The van der Waals surface area contributed by atoms with Crippen LogP contribution in [-0.2, 0) is 9.59 Å². The highest BCUT2D eigenvalue weighted by molar-refractivity contribution is 5.33. The Labute approximate surface area is 115 Å². The SMILES string of the molecule is CC1CCC(N=C=O)CC1.O=C=NC1CCCCC1. The van der Waals surface area contributed by atoms with Crippen LogP contribution in [0.2, 0.25) is 0 Å². The molecule has 0 radical (unpaired) electrons. The first-order chi connectivity index (χ1) is 9.26. The number of carbonyl (C=O) groups excluding carboxylic acids is 2. The Hall–Kier alpha value is -1.24. The van der Waals surface area contributed by atoms with Crippen LogP contribution in [0.1, 0.15) is 64.7 Å². The summed E-state index contributed by atoms with van der Waals surface area (Å²) in [5, 5.41) is 0. The van der Waals surface area contributed by atoms with Gasteiger partial charge in [0, 0.05) is 0 Å². The molecule has 2 aliphatic rings. The molecule has 0 bridgehead atoms. The first kappa shape index (κ1) is 15.8. The monoisotopic (exact) mass is 264 g/mol. The van der Waals surface area contributed by atoms with Crippen LogP contribution < -0.4 is 0 Å². The molecule has 0 heterocycles. The molecule has 2 saturated carbocycles. The molecule has 0 aliphatic heterocycles. The fourth-order valence-electron chi connectivity index (χ4n) is 2.73. The normalized spacial score (nSPS) is 27.2. The molecule has 0 spiro atoms. The smallest absolute Gasteiger partial charge is 0.211 e. The second kappa shape index (κ2) is 9.66. The van der Waals surface area contributed by atoms with Gasteiger partial charge in [0.05, 0.1) is 12.1 Å². The molecule has 19 heavy (non-hydrogen) atoms. The van der Waals surface area contributed by atoms with Gasteiger partial charge in [0.25, 0.3) is 0 Å². The topological polar surface area (TPSA) is 58.9 Å². The van der Waals surface area contributed by atoms with Gasteiger partial charge in [0.15, 0.2) is 0 Å². The third-order valence-electron chi connectivity index (χ3n) is 4.03. The Kier molecular flexibility index (Phi) is 8.04. The lowest BCUT2D eigenvalue weighted by atomic mass is 9.88. The van der Waals surface area contributed by atoms with Gasteiger partial charge in [-0.05, 0) is 44.4 Å². The van der Waals surface area contributed by atoms with Crippen LogP contribution in [0, 0.1) is 5.92 Å². The van der Waals surface area contributed by atoms with E-state index in [1.807, 2.05) is 0 Å². The van der Waals surface area contributed by atoms with E-state index in [1.54, 1.807) is 12.2 Å². The van der Waals surface area contributed by atoms with Crippen LogP contribution in [-0.4, -0.2) is 24.2 Å². The molecule has 0 saturated heterocycles. The summed E-state index contributed by atoms with van der Waals surface area (Å²) >= 11 is 0. The number of hydrogen-bond donors (Lipinski definition) is 0. The predicted octanol–water partition coefficient (Wildman–Crippen LogP) is 3.56. The van der Waals surface area contributed by atoms with E-state index in [0.717, 1.165) is 31.6 Å². The zero-order chi connectivity index (χ0) is 13.9. The molecular weight excluding hydrogens is 240 g/mol. The summed E-state index contributed by atoms with van der Waals surface area (Å²) in [6, 6.07) is 0.588. The van der Waals surface area contributed by atoms with Crippen LogP contribution >= 0.6 is 0 Å². The average Bonchev–Trinajstić information content (AvgIpc) is 2.44. The second-order valence-electron chi connectivity index (χ2n) is 5.65. The number of isocyanates is 2. The summed E-state index contributed by atoms with van der Waals surface area (Å²) in [5.41, 5.74) is 0. The van der Waals surface area contributed by atoms with Crippen LogP contribution in [0.25, 0.3) is 0 Å². The molecule has 4 heteroatoms. The van der Waals surface area contributed by atoms with Crippen molar-refractivity contribution in [1.29, 1.82) is 0 Å². The molecule has 0 amide bonds. The Bertz CT molecular complexity index is 330. The van der Waals surface area contributed by atoms with E-state index in [1.165, 1.54) is 32.1 Å². The van der Waals surface area contributed by atoms with Gasteiger partial charge in [-0.15, -0.1) is 0 Å². The molecule has 4 nitrogen and oxygen atoms in total. The summed E-state index contributed by atoms with van der Waals surface area (Å²) in [5.74, 6) is 0.832. The Morgan fingerprint density at radius 2 is 1.21 bits per heavy atom. The lowest BCUT2D eigenvalue weighted by Crippen LogP contribution is -2.14. The highest BCUT2D eigenvalue weighted by Gasteiger charge is 2.16. The third kappa shape index (κ3) is 7.05. The van der Waals surface area contributed by atoms with Crippen LogP contribution in [0.15, 0.2) is 9.98 Å². The van der Waals surface area contributed by atoms with Gasteiger partial charge in [-0.3, -0.25) is 0 Å². The number of aliphatic imine (C=N–C) groups is 2. The molecular formula is C15H24N2O2. The maximum Gasteiger partial charge on any atom is 0.235 e. The summed E-state index contributed by atoms with van der Waals surface area (Å²) in [7, 11) is 0. The van der Waals surface area contributed by atoms with E-state index in [4.69, 9.17) is 0 Å². The van der Waals surface area contributed by atoms with E-state index in [2.05, 4.69) is 16.9 Å². The first-order valence-electron chi connectivity index (χ1n) is 7.40. The highest BCUT2D eigenvalue weighted by Crippen LogP contribution is 2.24. The van der Waals surface area contributed by atoms with Crippen molar-refractivity contribution in [2.24, 2.45) is 15.9 Å². The van der Waals surface area contributed by atoms with E-state index in [0.29, 0.717) is 6.04 Å². The Balaban J connectivity index is 0.000000191. The van der Waals surface area contributed by atoms with Crippen LogP contribution in [0.4, 0.5) is 0 Å². The number of hydrogen-bond acceptors (Lipinski definition) is 4. The van der Waals surface area contributed by atoms with Crippen molar-refractivity contribution in [3.63, 3.8) is 0 Å². The minimum Gasteiger partial charge on any atom is -0.211 e. The average molecular weight is 264 g/mol. The zero-order valence-electron chi connectivity index (χ0n) is 11.8. The fourth-order valence-corrected chi connectivity index (χ4v) is 2.73. The number of nitrogens with zero attached hydrogens (tertiary/aromatic N) is 2. The van der Waals surface area contributed by atoms with Gasteiger partial charge >= 0.3 is 0 Å². The summed E-state index contributed by atoms with van der Waals surface area (Å²) in [4.78, 5) is 27.0. The van der Waals surface area contributed by atoms with Gasteiger partial charge < -0.3 is 0 Å². The summed E-state index contributed by atoms with van der Waals surface area (Å²) < 4.78 is 0. The van der Waals surface area contributed by atoms with Gasteiger partial charge in [0.1, 0.15) is 0 Å². The largest absolute Gasteiger partial charge is 0.235 e. The van der Waals surface area contributed by atoms with Gasteiger partial charge in [-0.1, -0.05) is 26.2 Å². The van der Waals surface area contributed by atoms with E-state index >= 15 is 0 Å². The van der Waals surface area contributed by atoms with Gasteiger partial charge in [0.2, 0.25) is 12.2 Å². The maximum absolute atomic E-state index is 9.86. The fraction of sp³-hybridized carbons (Fsp3) is 0.867. The molecule has 0 atom stereocenters. The first-order valence-corrected chi connectivity index (χ1v) is 7.40. The van der Waals surface area contributed by atoms with Gasteiger partial charge in [-0.25, -0.2) is 19.6 Å². The quantitative estimate of drug-likeness (QED) is 0.565. The lowest BCUT2D eigenvalue weighted by molar-refractivity contribution is 0.348. The maximum atomic E-state index is 9.86. The molecule has 0 aromatic rings. The van der Waals surface area contributed by atoms with E-state index in [-0.39, 0.29) is 6.04 Å². The molecule has 106 valence electrons. The van der Waals surface area contributed by atoms with Gasteiger partial charge in [-0.2, -0.15) is 0 Å². The minimum absolute atomic E-state index is 0.286. The van der Waals surface area contributed by atoms with Crippen molar-refractivity contribution < 1.29 is 9.59 Å². The van der Waals surface area contributed by atoms with E-state index < -0.39 is 0 Å². The number of rotatable bonds is 2. The molecule has 0 N–H and O–H groups in total. The van der Waals surface area contributed by atoms with Crippen molar-refractivity contribution in [3.05, 3.63) is 0 Å². The molecule has 2 fully saturated rings. The standard InChI is InChI=1S/C8H13NO.C7H11NO/c1-7-2-4-8(5-3-7)9-6-10;9-6-8-7-4-2-1-3-5-7/h7-8H,2-5H2,1H3;7H,1-5H2.